The highest BCUT2D eigenvalue weighted by Crippen LogP contribution is 2.11. The second kappa shape index (κ2) is 3.54. The first-order chi connectivity index (χ1) is 5.24. The molecule has 0 unspecified atom stereocenters. The van der Waals surface area contributed by atoms with Crippen LogP contribution < -0.4 is 0 Å². The van der Waals surface area contributed by atoms with E-state index in [0.29, 0.717) is 10.6 Å². The van der Waals surface area contributed by atoms with Gasteiger partial charge in [-0.25, -0.2) is 0 Å². The molecule has 11 heavy (non-hydrogen) atoms. The highest BCUT2D eigenvalue weighted by Gasteiger charge is 2.01. The van der Waals surface area contributed by atoms with Crippen LogP contribution in [-0.2, 0) is 0 Å². The Balaban J connectivity index is 2.96. The van der Waals surface area contributed by atoms with Gasteiger partial charge in [0, 0.05) is 17.0 Å². The van der Waals surface area contributed by atoms with Crippen molar-refractivity contribution in [3.05, 3.63) is 41.3 Å². The Hall–Kier alpha value is -0.820. The van der Waals surface area contributed by atoms with E-state index in [1.807, 2.05) is 0 Å². The van der Waals surface area contributed by atoms with Gasteiger partial charge in [0.15, 0.2) is 5.78 Å². The van der Waals surface area contributed by atoms with E-state index in [0.717, 1.165) is 0 Å². The molecular weight excluding hydrogens is 160 g/mol. The number of rotatable bonds is 2. The Bertz CT molecular complexity index is 268. The molecule has 1 nitrogen and oxygen atoms in total. The van der Waals surface area contributed by atoms with Crippen LogP contribution in [0.3, 0.4) is 0 Å². The van der Waals surface area contributed by atoms with Crippen molar-refractivity contribution < 1.29 is 4.79 Å². The molecule has 0 aliphatic carbocycles. The SMILES string of the molecule is C[CH]C(=O)c1cccc(Cl)c1. The number of halogens is 1. The quantitative estimate of drug-likeness (QED) is 0.619. The molecule has 0 bridgehead atoms. The summed E-state index contributed by atoms with van der Waals surface area (Å²) >= 11 is 5.68. The van der Waals surface area contributed by atoms with Crippen molar-refractivity contribution >= 4 is 17.4 Å². The summed E-state index contributed by atoms with van der Waals surface area (Å²) in [5, 5.41) is 0.595. The maximum Gasteiger partial charge on any atom is 0.166 e. The minimum absolute atomic E-state index is 0.00694. The standard InChI is InChI=1S/C9H8ClO/c1-2-9(11)7-4-3-5-8(10)6-7/h2-6H,1H3. The van der Waals surface area contributed by atoms with Gasteiger partial charge in [0.1, 0.15) is 0 Å². The van der Waals surface area contributed by atoms with Gasteiger partial charge in [0.25, 0.3) is 0 Å². The Kier molecular flexibility index (Phi) is 2.66. The fourth-order valence-corrected chi connectivity index (χ4v) is 0.999. The zero-order chi connectivity index (χ0) is 8.27. The fourth-order valence-electron chi connectivity index (χ4n) is 0.808. The molecule has 0 saturated heterocycles. The Morgan fingerprint density at radius 3 is 2.82 bits per heavy atom. The second-order valence-electron chi connectivity index (χ2n) is 2.16. The predicted octanol–water partition coefficient (Wildman–Crippen LogP) is 2.75. The second-order valence-corrected chi connectivity index (χ2v) is 2.60. The number of Topliss-reactive ketones (excluding diaryl/α,β-unsaturated/α-hetero) is 1. The number of carbonyl (C=O) groups is 1. The van der Waals surface area contributed by atoms with E-state index in [1.165, 1.54) is 6.42 Å². The number of carbonyl (C=O) groups excluding carboxylic acids is 1. The number of benzene rings is 1. The highest BCUT2D eigenvalue weighted by molar-refractivity contribution is 6.31. The summed E-state index contributed by atoms with van der Waals surface area (Å²) in [6.07, 6.45) is 1.52. The molecule has 0 aliphatic rings. The number of hydrogen-bond donors (Lipinski definition) is 0. The third-order valence-electron chi connectivity index (χ3n) is 1.37. The lowest BCUT2D eigenvalue weighted by Crippen LogP contribution is -1.95. The van der Waals surface area contributed by atoms with Crippen molar-refractivity contribution in [3.63, 3.8) is 0 Å². The van der Waals surface area contributed by atoms with Gasteiger partial charge < -0.3 is 0 Å². The molecule has 0 heterocycles. The zero-order valence-electron chi connectivity index (χ0n) is 6.17. The van der Waals surface area contributed by atoms with Crippen LogP contribution in [0.4, 0.5) is 0 Å². The van der Waals surface area contributed by atoms with Gasteiger partial charge in [-0.2, -0.15) is 0 Å². The maximum atomic E-state index is 11.1. The van der Waals surface area contributed by atoms with Gasteiger partial charge in [0.2, 0.25) is 0 Å². The van der Waals surface area contributed by atoms with Crippen molar-refractivity contribution in [1.29, 1.82) is 0 Å². The minimum atomic E-state index is 0.00694. The third-order valence-corrected chi connectivity index (χ3v) is 1.61. The normalized spacial score (nSPS) is 9.64. The smallest absolute Gasteiger partial charge is 0.166 e. The van der Waals surface area contributed by atoms with Crippen LogP contribution in [0.2, 0.25) is 5.02 Å². The van der Waals surface area contributed by atoms with Gasteiger partial charge >= 0.3 is 0 Å². The first-order valence-corrected chi connectivity index (χ1v) is 3.71. The lowest BCUT2D eigenvalue weighted by atomic mass is 10.1. The molecule has 1 aromatic rings. The molecule has 0 saturated carbocycles. The average Bonchev–Trinajstić information content (AvgIpc) is 2.03. The first-order valence-electron chi connectivity index (χ1n) is 3.33. The minimum Gasteiger partial charge on any atom is -0.294 e. The summed E-state index contributed by atoms with van der Waals surface area (Å²) in [5.74, 6) is 0.00694. The van der Waals surface area contributed by atoms with Gasteiger partial charge in [-0.15, -0.1) is 0 Å². The molecule has 0 aliphatic heterocycles. The molecule has 57 valence electrons. The topological polar surface area (TPSA) is 17.1 Å². The monoisotopic (exact) mass is 167 g/mol. The molecular formula is C9H8ClO. The van der Waals surface area contributed by atoms with Crippen molar-refractivity contribution in [2.45, 2.75) is 6.92 Å². The Morgan fingerprint density at radius 2 is 2.27 bits per heavy atom. The molecule has 0 N–H and O–H groups in total. The van der Waals surface area contributed by atoms with E-state index < -0.39 is 0 Å². The highest BCUT2D eigenvalue weighted by atomic mass is 35.5. The van der Waals surface area contributed by atoms with E-state index in [9.17, 15) is 4.79 Å². The first kappa shape index (κ1) is 8.28. The molecule has 2 heteroatoms. The van der Waals surface area contributed by atoms with Crippen molar-refractivity contribution in [2.24, 2.45) is 0 Å². The van der Waals surface area contributed by atoms with Gasteiger partial charge in [-0.05, 0) is 12.1 Å². The lowest BCUT2D eigenvalue weighted by Gasteiger charge is -1.96. The number of ketones is 1. The van der Waals surface area contributed by atoms with Gasteiger partial charge in [0.05, 0.1) is 0 Å². The van der Waals surface area contributed by atoms with E-state index in [4.69, 9.17) is 11.6 Å². The summed E-state index contributed by atoms with van der Waals surface area (Å²) in [5.41, 5.74) is 0.639. The van der Waals surface area contributed by atoms with E-state index >= 15 is 0 Å². The van der Waals surface area contributed by atoms with Crippen molar-refractivity contribution in [2.75, 3.05) is 0 Å². The van der Waals surface area contributed by atoms with Crippen LogP contribution >= 0.6 is 11.6 Å². The maximum absolute atomic E-state index is 11.1. The summed E-state index contributed by atoms with van der Waals surface area (Å²) in [7, 11) is 0. The van der Waals surface area contributed by atoms with E-state index in [2.05, 4.69) is 0 Å². The summed E-state index contributed by atoms with van der Waals surface area (Å²) in [4.78, 5) is 11.1. The molecule has 1 radical (unpaired) electrons. The van der Waals surface area contributed by atoms with Crippen molar-refractivity contribution in [1.82, 2.24) is 0 Å². The third kappa shape index (κ3) is 2.05. The van der Waals surface area contributed by atoms with E-state index in [-0.39, 0.29) is 5.78 Å². The molecule has 1 aromatic carbocycles. The summed E-state index contributed by atoms with van der Waals surface area (Å²) < 4.78 is 0. The van der Waals surface area contributed by atoms with Crippen LogP contribution in [0.25, 0.3) is 0 Å². The summed E-state index contributed by atoms with van der Waals surface area (Å²) in [6.45, 7) is 1.71. The van der Waals surface area contributed by atoms with Crippen LogP contribution in [0.5, 0.6) is 0 Å². The number of hydrogen-bond acceptors (Lipinski definition) is 1. The average molecular weight is 168 g/mol. The summed E-state index contributed by atoms with van der Waals surface area (Å²) in [6, 6.07) is 6.91. The van der Waals surface area contributed by atoms with Gasteiger partial charge in [-0.1, -0.05) is 30.7 Å². The molecule has 0 aromatic heterocycles. The van der Waals surface area contributed by atoms with E-state index in [1.54, 1.807) is 31.2 Å². The molecule has 0 spiro atoms. The molecule has 0 atom stereocenters. The predicted molar refractivity (Wildman–Crippen MR) is 45.8 cm³/mol. The molecule has 0 fully saturated rings. The van der Waals surface area contributed by atoms with Crippen LogP contribution in [0, 0.1) is 6.42 Å². The fraction of sp³-hybridized carbons (Fsp3) is 0.111. The molecule has 1 rings (SSSR count). The molecule has 0 amide bonds. The lowest BCUT2D eigenvalue weighted by molar-refractivity contribution is 0.103. The zero-order valence-corrected chi connectivity index (χ0v) is 6.93. The Morgan fingerprint density at radius 1 is 1.55 bits per heavy atom. The van der Waals surface area contributed by atoms with Crippen LogP contribution in [0.15, 0.2) is 24.3 Å². The van der Waals surface area contributed by atoms with Crippen LogP contribution in [0.1, 0.15) is 17.3 Å². The van der Waals surface area contributed by atoms with Gasteiger partial charge in [-0.3, -0.25) is 4.79 Å². The Labute approximate surface area is 71.0 Å². The van der Waals surface area contributed by atoms with Crippen LogP contribution in [-0.4, -0.2) is 5.78 Å². The largest absolute Gasteiger partial charge is 0.294 e. The van der Waals surface area contributed by atoms with Crippen molar-refractivity contribution in [3.8, 4) is 0 Å².